The molecule has 1 N–H and O–H groups in total. The van der Waals surface area contributed by atoms with E-state index in [0.29, 0.717) is 18.6 Å². The van der Waals surface area contributed by atoms with Gasteiger partial charge in [-0.05, 0) is 61.8 Å². The van der Waals surface area contributed by atoms with Gasteiger partial charge < -0.3 is 10.1 Å². The highest BCUT2D eigenvalue weighted by atomic mass is 32.1. The van der Waals surface area contributed by atoms with Crippen molar-refractivity contribution in [2.45, 2.75) is 82.8 Å². The van der Waals surface area contributed by atoms with Crippen LogP contribution in [0.1, 0.15) is 60.9 Å². The Kier molecular flexibility index (Phi) is 6.60. The Labute approximate surface area is 193 Å². The highest BCUT2D eigenvalue weighted by Gasteiger charge is 2.26. The van der Waals surface area contributed by atoms with Crippen molar-refractivity contribution in [3.05, 3.63) is 57.0 Å². The van der Waals surface area contributed by atoms with Crippen molar-refractivity contribution in [1.29, 1.82) is 0 Å². The second-order valence-corrected chi connectivity index (χ2v) is 10.4. The molecule has 2 heterocycles. The number of rotatable bonds is 6. The van der Waals surface area contributed by atoms with E-state index in [9.17, 15) is 4.79 Å². The summed E-state index contributed by atoms with van der Waals surface area (Å²) in [7, 11) is 1.68. The highest BCUT2D eigenvalue weighted by Crippen LogP contribution is 2.34. The van der Waals surface area contributed by atoms with Crippen LogP contribution in [-0.2, 0) is 25.8 Å². The molecule has 0 radical (unpaired) electrons. The number of ether oxygens (including phenoxy) is 1. The first kappa shape index (κ1) is 21.7. The maximum Gasteiger partial charge on any atom is 0.262 e. The van der Waals surface area contributed by atoms with E-state index in [4.69, 9.17) is 4.74 Å². The first-order chi connectivity index (χ1) is 15.7. The van der Waals surface area contributed by atoms with Crippen LogP contribution >= 0.6 is 11.3 Å². The van der Waals surface area contributed by atoms with Crippen LogP contribution in [0, 0.1) is 0 Å². The van der Waals surface area contributed by atoms with Crippen molar-refractivity contribution < 1.29 is 4.74 Å². The summed E-state index contributed by atoms with van der Waals surface area (Å²) in [6.07, 6.45) is 13.8. The minimum atomic E-state index is 0.116. The zero-order valence-corrected chi connectivity index (χ0v) is 19.8. The van der Waals surface area contributed by atoms with Crippen LogP contribution < -0.4 is 15.6 Å². The van der Waals surface area contributed by atoms with Crippen molar-refractivity contribution in [3.8, 4) is 5.75 Å². The molecule has 1 aromatic carbocycles. The smallest absolute Gasteiger partial charge is 0.262 e. The quantitative estimate of drug-likeness (QED) is 0.543. The minimum absolute atomic E-state index is 0.116. The molecule has 0 amide bonds. The van der Waals surface area contributed by atoms with Gasteiger partial charge in [0.1, 0.15) is 10.6 Å². The van der Waals surface area contributed by atoms with Crippen molar-refractivity contribution >= 4 is 21.6 Å². The molecular formula is C26H33N3O2S. The molecule has 2 aliphatic carbocycles. The van der Waals surface area contributed by atoms with Crippen LogP contribution in [0.25, 0.3) is 10.2 Å². The molecule has 0 saturated heterocycles. The van der Waals surface area contributed by atoms with E-state index in [-0.39, 0.29) is 5.56 Å². The number of hydrogen-bond donors (Lipinski definition) is 1. The minimum Gasteiger partial charge on any atom is -0.497 e. The third kappa shape index (κ3) is 4.62. The number of thiophene rings is 1. The van der Waals surface area contributed by atoms with Crippen LogP contribution in [0.5, 0.6) is 5.75 Å². The van der Waals surface area contributed by atoms with Gasteiger partial charge in [-0.1, -0.05) is 37.8 Å². The van der Waals surface area contributed by atoms with Crippen LogP contribution in [0.3, 0.4) is 0 Å². The molecular weight excluding hydrogens is 418 g/mol. The number of benzene rings is 1. The second-order valence-electron chi connectivity index (χ2n) is 9.32. The Morgan fingerprint density at radius 1 is 1.16 bits per heavy atom. The third-order valence-corrected chi connectivity index (χ3v) is 8.30. The van der Waals surface area contributed by atoms with Gasteiger partial charge in [0.25, 0.3) is 5.56 Å². The first-order valence-corrected chi connectivity index (χ1v) is 12.9. The molecule has 6 heteroatoms. The lowest BCUT2D eigenvalue weighted by Gasteiger charge is -2.28. The topological polar surface area (TPSA) is 56.2 Å². The number of aromatic nitrogens is 2. The average molecular weight is 452 g/mol. The summed E-state index contributed by atoms with van der Waals surface area (Å²) in [4.78, 5) is 20.3. The van der Waals surface area contributed by atoms with E-state index < -0.39 is 0 Å². The Hall–Kier alpha value is -2.18. The molecule has 1 saturated carbocycles. The predicted octanol–water partition coefficient (Wildman–Crippen LogP) is 4.88. The summed E-state index contributed by atoms with van der Waals surface area (Å²) in [5.41, 5.74) is 2.54. The molecule has 5 rings (SSSR count). The van der Waals surface area contributed by atoms with Gasteiger partial charge in [-0.2, -0.15) is 0 Å². The Balaban J connectivity index is 1.32. The van der Waals surface area contributed by atoms with Crippen molar-refractivity contribution in [1.82, 2.24) is 14.9 Å². The van der Waals surface area contributed by atoms with Gasteiger partial charge in [0.15, 0.2) is 0 Å². The summed E-state index contributed by atoms with van der Waals surface area (Å²) in [6, 6.07) is 9.25. The van der Waals surface area contributed by atoms with E-state index in [0.717, 1.165) is 47.2 Å². The summed E-state index contributed by atoms with van der Waals surface area (Å²) < 4.78 is 7.10. The van der Waals surface area contributed by atoms with Gasteiger partial charge in [-0.3, -0.25) is 9.36 Å². The molecule has 5 nitrogen and oxygen atoms in total. The molecule has 1 atom stereocenters. The Bertz CT molecular complexity index is 1130. The molecule has 1 fully saturated rings. The molecule has 170 valence electrons. The van der Waals surface area contributed by atoms with Gasteiger partial charge >= 0.3 is 0 Å². The summed E-state index contributed by atoms with van der Waals surface area (Å²) in [5, 5.41) is 4.82. The zero-order chi connectivity index (χ0) is 21.9. The third-order valence-electron chi connectivity index (χ3n) is 7.14. The number of hydrogen-bond acceptors (Lipinski definition) is 5. The first-order valence-electron chi connectivity index (χ1n) is 12.1. The monoisotopic (exact) mass is 451 g/mol. The van der Waals surface area contributed by atoms with E-state index in [1.165, 1.54) is 49.0 Å². The molecule has 32 heavy (non-hydrogen) atoms. The number of nitrogens with one attached hydrogen (secondary N) is 1. The number of methoxy groups -OCH3 is 1. The SMILES string of the molecule is COc1cccc(CCn2cnc3sc4c(c3c2=O)CCC(NC2CCCCCC2)C4)c1. The van der Waals surface area contributed by atoms with Gasteiger partial charge in [0.05, 0.1) is 18.8 Å². The fraction of sp³-hybridized carbons (Fsp3) is 0.538. The normalized spacial score (nSPS) is 19.6. The molecule has 2 aliphatic rings. The molecule has 3 aromatic rings. The van der Waals surface area contributed by atoms with Crippen LogP contribution in [0.4, 0.5) is 0 Å². The second kappa shape index (κ2) is 9.75. The largest absolute Gasteiger partial charge is 0.497 e. The van der Waals surface area contributed by atoms with Crippen LogP contribution in [0.15, 0.2) is 35.4 Å². The van der Waals surface area contributed by atoms with Crippen LogP contribution in [0.2, 0.25) is 0 Å². The lowest BCUT2D eigenvalue weighted by atomic mass is 9.92. The Morgan fingerprint density at radius 3 is 2.81 bits per heavy atom. The zero-order valence-electron chi connectivity index (χ0n) is 18.9. The maximum atomic E-state index is 13.3. The summed E-state index contributed by atoms with van der Waals surface area (Å²) >= 11 is 1.73. The summed E-state index contributed by atoms with van der Waals surface area (Å²) in [5.74, 6) is 0.849. The van der Waals surface area contributed by atoms with Crippen molar-refractivity contribution in [2.24, 2.45) is 0 Å². The van der Waals surface area contributed by atoms with Crippen molar-refractivity contribution in [2.75, 3.05) is 7.11 Å². The molecule has 0 spiro atoms. The lowest BCUT2D eigenvalue weighted by molar-refractivity contribution is 0.369. The fourth-order valence-corrected chi connectivity index (χ4v) is 6.62. The number of aryl methyl sites for hydroxylation is 3. The van der Waals surface area contributed by atoms with E-state index in [1.54, 1.807) is 29.3 Å². The number of nitrogens with zero attached hydrogens (tertiary/aromatic N) is 2. The van der Waals surface area contributed by atoms with Gasteiger partial charge in [0.2, 0.25) is 0 Å². The molecule has 0 bridgehead atoms. The van der Waals surface area contributed by atoms with Gasteiger partial charge in [-0.25, -0.2) is 4.98 Å². The fourth-order valence-electron chi connectivity index (χ4n) is 5.36. The average Bonchev–Trinajstić information content (AvgIpc) is 2.99. The highest BCUT2D eigenvalue weighted by molar-refractivity contribution is 7.18. The van der Waals surface area contributed by atoms with E-state index in [1.807, 2.05) is 18.2 Å². The van der Waals surface area contributed by atoms with E-state index in [2.05, 4.69) is 16.4 Å². The van der Waals surface area contributed by atoms with Crippen molar-refractivity contribution in [3.63, 3.8) is 0 Å². The van der Waals surface area contributed by atoms with E-state index >= 15 is 0 Å². The predicted molar refractivity (Wildman–Crippen MR) is 131 cm³/mol. The molecule has 2 aromatic heterocycles. The standard InChI is InChI=1S/C26H33N3O2S/c1-31-21-10-6-7-18(15-21)13-14-29-17-27-25-24(26(29)30)22-12-11-20(16-23(22)32-25)28-19-8-4-2-3-5-9-19/h6-7,10,15,17,19-20,28H,2-5,8-9,11-14,16H2,1H3. The maximum absolute atomic E-state index is 13.3. The summed E-state index contributed by atoms with van der Waals surface area (Å²) in [6.45, 7) is 0.630. The number of fused-ring (bicyclic) bond motifs is 3. The van der Waals surface area contributed by atoms with Gasteiger partial charge in [-0.15, -0.1) is 11.3 Å². The van der Waals surface area contributed by atoms with Gasteiger partial charge in [0, 0.05) is 23.5 Å². The Morgan fingerprint density at radius 2 is 2.00 bits per heavy atom. The molecule has 1 unspecified atom stereocenters. The lowest BCUT2D eigenvalue weighted by Crippen LogP contribution is -2.41. The molecule has 0 aliphatic heterocycles. The van der Waals surface area contributed by atoms with Crippen LogP contribution in [-0.4, -0.2) is 28.7 Å².